The number of carbonyl (C=O) groups excluding carboxylic acids is 2. The monoisotopic (exact) mass is 488 g/mol. The number of sulfonamides is 1. The molecule has 0 saturated carbocycles. The van der Waals surface area contributed by atoms with Gasteiger partial charge in [-0.2, -0.15) is 9.29 Å². The van der Waals surface area contributed by atoms with E-state index in [9.17, 15) is 22.4 Å². The second-order valence-electron chi connectivity index (χ2n) is 7.54. The predicted octanol–water partition coefficient (Wildman–Crippen LogP) is 1.87. The smallest absolute Gasteiger partial charge is 0.338 e. The van der Waals surface area contributed by atoms with Crippen LogP contribution in [0.2, 0.25) is 0 Å². The van der Waals surface area contributed by atoms with Crippen LogP contribution in [-0.2, 0) is 19.6 Å². The number of carbonyl (C=O) groups is 2. The molecule has 0 spiro atoms. The lowest BCUT2D eigenvalue weighted by Gasteiger charge is -2.33. The van der Waals surface area contributed by atoms with Crippen molar-refractivity contribution in [3.8, 4) is 11.5 Å². The number of hydrogen-bond acceptors (Lipinski definition) is 8. The van der Waals surface area contributed by atoms with Crippen LogP contribution in [0.15, 0.2) is 57.9 Å². The Morgan fingerprint density at radius 2 is 1.68 bits per heavy atom. The minimum absolute atomic E-state index is 0.0112. The van der Waals surface area contributed by atoms with Gasteiger partial charge in [0, 0.05) is 31.7 Å². The molecule has 34 heavy (non-hydrogen) atoms. The third-order valence-electron chi connectivity index (χ3n) is 5.26. The molecule has 3 aromatic rings. The number of halogens is 1. The third-order valence-corrected chi connectivity index (χ3v) is 7.18. The lowest BCUT2D eigenvalue weighted by Crippen LogP contribution is -2.51. The molecule has 1 aromatic heterocycles. The Morgan fingerprint density at radius 3 is 2.26 bits per heavy atom. The number of amides is 1. The van der Waals surface area contributed by atoms with Crippen molar-refractivity contribution in [2.24, 2.45) is 0 Å². The van der Waals surface area contributed by atoms with Crippen molar-refractivity contribution < 1.29 is 31.7 Å². The van der Waals surface area contributed by atoms with Crippen molar-refractivity contribution in [2.75, 3.05) is 32.8 Å². The molecule has 0 aliphatic carbocycles. The van der Waals surface area contributed by atoms with Crippen molar-refractivity contribution in [3.63, 3.8) is 0 Å². The molecule has 1 amide bonds. The summed E-state index contributed by atoms with van der Waals surface area (Å²) in [7, 11) is -3.78. The quantitative estimate of drug-likeness (QED) is 0.482. The van der Waals surface area contributed by atoms with Gasteiger partial charge < -0.3 is 14.2 Å². The first-order valence-corrected chi connectivity index (χ1v) is 11.8. The van der Waals surface area contributed by atoms with E-state index in [1.54, 1.807) is 19.1 Å². The molecule has 12 heteroatoms. The van der Waals surface area contributed by atoms with Crippen LogP contribution in [0.3, 0.4) is 0 Å². The highest BCUT2D eigenvalue weighted by atomic mass is 32.2. The van der Waals surface area contributed by atoms with E-state index in [4.69, 9.17) is 9.26 Å². The van der Waals surface area contributed by atoms with Crippen LogP contribution >= 0.6 is 0 Å². The highest BCUT2D eigenvalue weighted by Crippen LogP contribution is 2.19. The molecule has 1 aliphatic heterocycles. The summed E-state index contributed by atoms with van der Waals surface area (Å²) in [5.41, 5.74) is 0.893. The molecule has 2 heterocycles. The predicted molar refractivity (Wildman–Crippen MR) is 116 cm³/mol. The van der Waals surface area contributed by atoms with Crippen LogP contribution in [0.4, 0.5) is 4.39 Å². The van der Waals surface area contributed by atoms with Gasteiger partial charge in [-0.1, -0.05) is 5.16 Å². The van der Waals surface area contributed by atoms with E-state index >= 15 is 0 Å². The highest BCUT2D eigenvalue weighted by molar-refractivity contribution is 7.89. The second-order valence-corrected chi connectivity index (χ2v) is 9.48. The molecule has 10 nitrogen and oxygen atoms in total. The van der Waals surface area contributed by atoms with E-state index in [-0.39, 0.29) is 36.6 Å². The minimum atomic E-state index is -3.78. The van der Waals surface area contributed by atoms with Gasteiger partial charge in [-0.25, -0.2) is 17.6 Å². The molecule has 2 aromatic carbocycles. The Kier molecular flexibility index (Phi) is 6.70. The van der Waals surface area contributed by atoms with Gasteiger partial charge in [0.2, 0.25) is 10.0 Å². The first kappa shape index (κ1) is 23.5. The van der Waals surface area contributed by atoms with Gasteiger partial charge in [-0.3, -0.25) is 4.79 Å². The normalized spacial score (nSPS) is 14.7. The van der Waals surface area contributed by atoms with Gasteiger partial charge in [0.15, 0.2) is 12.4 Å². The number of nitrogens with zero attached hydrogens (tertiary/aromatic N) is 4. The van der Waals surface area contributed by atoms with Gasteiger partial charge in [0.1, 0.15) is 5.82 Å². The summed E-state index contributed by atoms with van der Waals surface area (Å²) in [5.74, 6) is -0.801. The van der Waals surface area contributed by atoms with Crippen molar-refractivity contribution >= 4 is 21.9 Å². The van der Waals surface area contributed by atoms with E-state index in [0.29, 0.717) is 17.3 Å². The zero-order valence-corrected chi connectivity index (χ0v) is 19.0. The van der Waals surface area contributed by atoms with Gasteiger partial charge in [0.25, 0.3) is 11.8 Å². The molecule has 1 saturated heterocycles. The lowest BCUT2D eigenvalue weighted by atomic mass is 10.1. The zero-order chi connectivity index (χ0) is 24.3. The van der Waals surface area contributed by atoms with Crippen LogP contribution in [-0.4, -0.2) is 72.4 Å². The molecule has 1 aliphatic rings. The Morgan fingerprint density at radius 1 is 1.03 bits per heavy atom. The summed E-state index contributed by atoms with van der Waals surface area (Å²) in [6, 6.07) is 10.9. The van der Waals surface area contributed by atoms with E-state index in [2.05, 4.69) is 10.1 Å². The second kappa shape index (κ2) is 9.69. The zero-order valence-electron chi connectivity index (χ0n) is 18.2. The Hall–Kier alpha value is -3.64. The van der Waals surface area contributed by atoms with Crippen LogP contribution in [0.5, 0.6) is 0 Å². The van der Waals surface area contributed by atoms with Crippen LogP contribution < -0.4 is 0 Å². The summed E-state index contributed by atoms with van der Waals surface area (Å²) in [6.45, 7) is 1.68. The minimum Gasteiger partial charge on any atom is -0.452 e. The van der Waals surface area contributed by atoms with Gasteiger partial charge >= 0.3 is 5.97 Å². The number of ether oxygens (including phenoxy) is 1. The van der Waals surface area contributed by atoms with Gasteiger partial charge in [-0.05, 0) is 55.5 Å². The van der Waals surface area contributed by atoms with Crippen molar-refractivity contribution in [1.29, 1.82) is 0 Å². The van der Waals surface area contributed by atoms with Gasteiger partial charge in [-0.15, -0.1) is 0 Å². The summed E-state index contributed by atoms with van der Waals surface area (Å²) in [4.78, 5) is 30.3. The fourth-order valence-corrected chi connectivity index (χ4v) is 4.82. The molecular formula is C22H21FN4O6S. The molecule has 0 atom stereocenters. The lowest BCUT2D eigenvalue weighted by molar-refractivity contribution is -0.135. The van der Waals surface area contributed by atoms with E-state index in [0.717, 1.165) is 12.1 Å². The largest absolute Gasteiger partial charge is 0.452 e. The SMILES string of the molecule is Cc1noc(-c2ccc(C(=O)OCC(=O)N3CCN(S(=O)(=O)c4ccc(F)cc4)CC3)cc2)n1. The molecular weight excluding hydrogens is 467 g/mol. The first-order chi connectivity index (χ1) is 16.2. The number of hydrogen-bond donors (Lipinski definition) is 0. The van der Waals surface area contributed by atoms with Crippen LogP contribution in [0, 0.1) is 12.7 Å². The Labute approximate surface area is 195 Å². The topological polar surface area (TPSA) is 123 Å². The average Bonchev–Trinajstić information content (AvgIpc) is 3.29. The first-order valence-electron chi connectivity index (χ1n) is 10.4. The summed E-state index contributed by atoms with van der Waals surface area (Å²) in [5, 5.41) is 3.71. The number of benzene rings is 2. The summed E-state index contributed by atoms with van der Waals surface area (Å²) in [6.07, 6.45) is 0. The average molecular weight is 488 g/mol. The number of aryl methyl sites for hydroxylation is 1. The molecule has 4 rings (SSSR count). The third kappa shape index (κ3) is 5.13. The summed E-state index contributed by atoms with van der Waals surface area (Å²) >= 11 is 0. The Bertz CT molecular complexity index is 1280. The maximum atomic E-state index is 13.1. The van der Waals surface area contributed by atoms with Crippen molar-refractivity contribution in [2.45, 2.75) is 11.8 Å². The standard InChI is InChI=1S/C22H21FN4O6S/c1-15-24-21(33-25-15)16-2-4-17(5-3-16)22(29)32-14-20(28)26-10-12-27(13-11-26)34(30,31)19-8-6-18(23)7-9-19/h2-9H,10-14H2,1H3. The summed E-state index contributed by atoms with van der Waals surface area (Å²) < 4.78 is 49.9. The maximum absolute atomic E-state index is 13.1. The Balaban J connectivity index is 1.28. The maximum Gasteiger partial charge on any atom is 0.338 e. The van der Waals surface area contributed by atoms with Gasteiger partial charge in [0.05, 0.1) is 10.5 Å². The number of aromatic nitrogens is 2. The molecule has 0 radical (unpaired) electrons. The molecule has 178 valence electrons. The molecule has 0 unspecified atom stereocenters. The van der Waals surface area contributed by atoms with E-state index in [1.165, 1.54) is 33.5 Å². The van der Waals surface area contributed by atoms with Crippen LogP contribution in [0.25, 0.3) is 11.5 Å². The molecule has 0 N–H and O–H groups in total. The van der Waals surface area contributed by atoms with Crippen molar-refractivity contribution in [3.05, 3.63) is 65.7 Å². The highest BCUT2D eigenvalue weighted by Gasteiger charge is 2.30. The number of piperazine rings is 1. The number of rotatable bonds is 6. The number of esters is 1. The van der Waals surface area contributed by atoms with Crippen LogP contribution in [0.1, 0.15) is 16.2 Å². The van der Waals surface area contributed by atoms with Crippen molar-refractivity contribution in [1.82, 2.24) is 19.3 Å². The molecule has 0 bridgehead atoms. The van der Waals surface area contributed by atoms with E-state index in [1.807, 2.05) is 0 Å². The molecule has 1 fully saturated rings. The van der Waals surface area contributed by atoms with E-state index < -0.39 is 34.3 Å². The fourth-order valence-electron chi connectivity index (χ4n) is 3.40. The fraction of sp³-hybridized carbons (Fsp3) is 0.273.